The van der Waals surface area contributed by atoms with Crippen LogP contribution in [0.5, 0.6) is 0 Å². The molecule has 1 rings (SSSR count). The number of benzene rings is 1. The molecule has 0 amide bonds. The van der Waals surface area contributed by atoms with Gasteiger partial charge < -0.3 is 10.6 Å². The van der Waals surface area contributed by atoms with Gasteiger partial charge in [0.15, 0.2) is 0 Å². The van der Waals surface area contributed by atoms with Crippen molar-refractivity contribution in [2.45, 2.75) is 6.54 Å². The number of hydrogen-bond donors (Lipinski definition) is 1. The number of hydrogen-bond acceptors (Lipinski definition) is 4. The van der Waals surface area contributed by atoms with Crippen LogP contribution in [0.25, 0.3) is 0 Å². The third kappa shape index (κ3) is 3.25. The predicted octanol–water partition coefficient (Wildman–Crippen LogP) is 1.12. The average molecular weight is 227 g/mol. The van der Waals surface area contributed by atoms with E-state index < -0.39 is 10.7 Å². The molecule has 0 atom stereocenters. The van der Waals surface area contributed by atoms with Gasteiger partial charge in [-0.1, -0.05) is 0 Å². The average Bonchev–Trinajstić information content (AvgIpc) is 2.21. The SMILES string of the molecule is CN(CCN)Cc1ccc([N+](=O)[O-])cc1F. The predicted molar refractivity (Wildman–Crippen MR) is 58.4 cm³/mol. The first-order valence-corrected chi connectivity index (χ1v) is 4.86. The first-order chi connectivity index (χ1) is 7.54. The first kappa shape index (κ1) is 12.5. The fraction of sp³-hybridized carbons (Fsp3) is 0.400. The second-order valence-electron chi connectivity index (χ2n) is 3.56. The zero-order valence-corrected chi connectivity index (χ0v) is 9.02. The second-order valence-corrected chi connectivity index (χ2v) is 3.56. The molecule has 0 unspecified atom stereocenters. The minimum absolute atomic E-state index is 0.234. The summed E-state index contributed by atoms with van der Waals surface area (Å²) in [4.78, 5) is 11.6. The monoisotopic (exact) mass is 227 g/mol. The molecule has 0 aliphatic carbocycles. The lowest BCUT2D eigenvalue weighted by Crippen LogP contribution is -2.25. The number of nitro groups is 1. The molecule has 0 spiro atoms. The maximum absolute atomic E-state index is 13.4. The molecular formula is C10H14FN3O2. The second kappa shape index (κ2) is 5.53. The quantitative estimate of drug-likeness (QED) is 0.604. The van der Waals surface area contributed by atoms with Crippen LogP contribution < -0.4 is 5.73 Å². The first-order valence-electron chi connectivity index (χ1n) is 4.86. The summed E-state index contributed by atoms with van der Waals surface area (Å²) in [6, 6.07) is 3.67. The van der Waals surface area contributed by atoms with E-state index in [4.69, 9.17) is 5.73 Å². The van der Waals surface area contributed by atoms with Crippen LogP contribution >= 0.6 is 0 Å². The van der Waals surface area contributed by atoms with Crippen LogP contribution in [0.4, 0.5) is 10.1 Å². The van der Waals surface area contributed by atoms with Crippen LogP contribution in [0.3, 0.4) is 0 Å². The molecule has 0 saturated heterocycles. The maximum Gasteiger partial charge on any atom is 0.272 e. The summed E-state index contributed by atoms with van der Waals surface area (Å²) in [5.41, 5.74) is 5.56. The van der Waals surface area contributed by atoms with Gasteiger partial charge in [0.2, 0.25) is 0 Å². The maximum atomic E-state index is 13.4. The van der Waals surface area contributed by atoms with Gasteiger partial charge >= 0.3 is 0 Å². The number of nitrogens with zero attached hydrogens (tertiary/aromatic N) is 2. The van der Waals surface area contributed by atoms with E-state index in [0.29, 0.717) is 25.2 Å². The van der Waals surface area contributed by atoms with Gasteiger partial charge in [0.1, 0.15) is 5.82 Å². The van der Waals surface area contributed by atoms with Gasteiger partial charge in [-0.25, -0.2) is 4.39 Å². The van der Waals surface area contributed by atoms with Crippen molar-refractivity contribution < 1.29 is 9.31 Å². The highest BCUT2D eigenvalue weighted by Gasteiger charge is 2.11. The molecule has 88 valence electrons. The van der Waals surface area contributed by atoms with Crippen molar-refractivity contribution >= 4 is 5.69 Å². The summed E-state index contributed by atoms with van der Waals surface area (Å²) in [5.74, 6) is -0.557. The number of non-ortho nitro benzene ring substituents is 1. The van der Waals surface area contributed by atoms with Crippen LogP contribution in [-0.2, 0) is 6.54 Å². The topological polar surface area (TPSA) is 72.4 Å². The number of likely N-dealkylation sites (N-methyl/N-ethyl adjacent to an activating group) is 1. The highest BCUT2D eigenvalue weighted by Crippen LogP contribution is 2.17. The summed E-state index contributed by atoms with van der Waals surface area (Å²) in [7, 11) is 1.81. The lowest BCUT2D eigenvalue weighted by Gasteiger charge is -2.15. The van der Waals surface area contributed by atoms with Crippen molar-refractivity contribution in [3.63, 3.8) is 0 Å². The Morgan fingerprint density at radius 1 is 1.56 bits per heavy atom. The molecule has 0 fully saturated rings. The molecule has 0 aliphatic rings. The van der Waals surface area contributed by atoms with Crippen LogP contribution in [0.1, 0.15) is 5.56 Å². The summed E-state index contributed by atoms with van der Waals surface area (Å²) in [6.07, 6.45) is 0. The third-order valence-corrected chi connectivity index (χ3v) is 2.20. The Bertz CT molecular complexity index is 384. The van der Waals surface area contributed by atoms with Crippen molar-refractivity contribution in [2.24, 2.45) is 5.73 Å². The largest absolute Gasteiger partial charge is 0.329 e. The van der Waals surface area contributed by atoms with E-state index in [1.807, 2.05) is 11.9 Å². The molecule has 0 radical (unpaired) electrons. The summed E-state index contributed by atoms with van der Waals surface area (Å²) in [6.45, 7) is 1.53. The minimum Gasteiger partial charge on any atom is -0.329 e. The van der Waals surface area contributed by atoms with E-state index in [2.05, 4.69) is 0 Å². The van der Waals surface area contributed by atoms with Gasteiger partial charge in [0.05, 0.1) is 11.0 Å². The van der Waals surface area contributed by atoms with E-state index >= 15 is 0 Å². The van der Waals surface area contributed by atoms with Crippen LogP contribution in [0.2, 0.25) is 0 Å². The van der Waals surface area contributed by atoms with Gasteiger partial charge in [-0.2, -0.15) is 0 Å². The Kier molecular flexibility index (Phi) is 4.33. The zero-order valence-electron chi connectivity index (χ0n) is 9.02. The molecule has 16 heavy (non-hydrogen) atoms. The molecule has 0 saturated carbocycles. The van der Waals surface area contributed by atoms with Crippen LogP contribution in [0.15, 0.2) is 18.2 Å². The van der Waals surface area contributed by atoms with E-state index in [1.54, 1.807) is 0 Å². The number of nitro benzene ring substituents is 1. The summed E-state index contributed by atoms with van der Waals surface area (Å²) >= 11 is 0. The Morgan fingerprint density at radius 3 is 2.75 bits per heavy atom. The molecular weight excluding hydrogens is 213 g/mol. The summed E-state index contributed by atoms with van der Waals surface area (Å²) < 4.78 is 13.4. The number of halogens is 1. The number of nitrogens with two attached hydrogens (primary N) is 1. The number of rotatable bonds is 5. The molecule has 0 aromatic heterocycles. The normalized spacial score (nSPS) is 10.8. The lowest BCUT2D eigenvalue weighted by atomic mass is 10.2. The Labute approximate surface area is 92.8 Å². The van der Waals surface area contributed by atoms with Crippen molar-refractivity contribution in [1.29, 1.82) is 0 Å². The van der Waals surface area contributed by atoms with Gasteiger partial charge in [0, 0.05) is 31.3 Å². The van der Waals surface area contributed by atoms with Crippen LogP contribution in [0, 0.1) is 15.9 Å². The molecule has 2 N–H and O–H groups in total. The lowest BCUT2D eigenvalue weighted by molar-refractivity contribution is -0.385. The summed E-state index contributed by atoms with van der Waals surface area (Å²) in [5, 5.41) is 10.4. The standard InChI is InChI=1S/C10H14FN3O2/c1-13(5-4-12)7-8-2-3-9(14(15)16)6-10(8)11/h2-3,6H,4-5,7,12H2,1H3. The molecule has 6 heteroatoms. The van der Waals surface area contributed by atoms with E-state index in [1.165, 1.54) is 12.1 Å². The highest BCUT2D eigenvalue weighted by atomic mass is 19.1. The molecule has 0 heterocycles. The molecule has 5 nitrogen and oxygen atoms in total. The molecule has 0 bridgehead atoms. The van der Waals surface area contributed by atoms with Crippen molar-refractivity contribution in [3.8, 4) is 0 Å². The third-order valence-electron chi connectivity index (χ3n) is 2.20. The molecule has 1 aromatic carbocycles. The highest BCUT2D eigenvalue weighted by molar-refractivity contribution is 5.34. The van der Waals surface area contributed by atoms with Gasteiger partial charge in [0.25, 0.3) is 5.69 Å². The van der Waals surface area contributed by atoms with Gasteiger partial charge in [-0.15, -0.1) is 0 Å². The van der Waals surface area contributed by atoms with E-state index in [9.17, 15) is 14.5 Å². The van der Waals surface area contributed by atoms with E-state index in [-0.39, 0.29) is 5.69 Å². The van der Waals surface area contributed by atoms with Gasteiger partial charge in [-0.3, -0.25) is 10.1 Å². The van der Waals surface area contributed by atoms with E-state index in [0.717, 1.165) is 6.07 Å². The fourth-order valence-corrected chi connectivity index (χ4v) is 1.37. The van der Waals surface area contributed by atoms with Crippen molar-refractivity contribution in [1.82, 2.24) is 4.90 Å². The van der Waals surface area contributed by atoms with Crippen molar-refractivity contribution in [2.75, 3.05) is 20.1 Å². The minimum atomic E-state index is -0.615. The fourth-order valence-electron chi connectivity index (χ4n) is 1.37. The Hall–Kier alpha value is -1.53. The van der Waals surface area contributed by atoms with Crippen LogP contribution in [-0.4, -0.2) is 30.0 Å². The molecule has 0 aliphatic heterocycles. The van der Waals surface area contributed by atoms with Crippen molar-refractivity contribution in [3.05, 3.63) is 39.7 Å². The van der Waals surface area contributed by atoms with Gasteiger partial charge in [-0.05, 0) is 13.1 Å². The zero-order chi connectivity index (χ0) is 12.1. The Balaban J connectivity index is 2.79. The Morgan fingerprint density at radius 2 is 2.25 bits per heavy atom. The smallest absolute Gasteiger partial charge is 0.272 e. The molecule has 1 aromatic rings.